The molecule has 0 spiro atoms. The van der Waals surface area contributed by atoms with Crippen molar-refractivity contribution in [2.24, 2.45) is 0 Å². The first-order valence-corrected chi connectivity index (χ1v) is 8.32. The lowest BCUT2D eigenvalue weighted by atomic mass is 10.1. The van der Waals surface area contributed by atoms with E-state index in [1.165, 1.54) is 7.11 Å². The molecule has 0 radical (unpaired) electrons. The Morgan fingerprint density at radius 1 is 0.920 bits per heavy atom. The van der Waals surface area contributed by atoms with Gasteiger partial charge in [-0.05, 0) is 24.3 Å². The summed E-state index contributed by atoms with van der Waals surface area (Å²) in [5, 5.41) is 2.16. The molecule has 0 fully saturated rings. The molecule has 4 nitrogen and oxygen atoms in total. The number of ether oxygens (including phenoxy) is 1. The third-order valence-corrected chi connectivity index (χ3v) is 4.02. The predicted octanol–water partition coefficient (Wildman–Crippen LogP) is 4.99. The second kappa shape index (κ2) is 7.18. The predicted molar refractivity (Wildman–Crippen MR) is 101 cm³/mol. The third kappa shape index (κ3) is 2.76. The fourth-order valence-electron chi connectivity index (χ4n) is 3.03. The van der Waals surface area contributed by atoms with Gasteiger partial charge in [0.05, 0.1) is 29.4 Å². The van der Waals surface area contributed by atoms with Crippen LogP contribution in [-0.4, -0.2) is 22.6 Å². The summed E-state index contributed by atoms with van der Waals surface area (Å²) in [4.78, 5) is 16.4. The van der Waals surface area contributed by atoms with Crippen molar-refractivity contribution in [3.05, 3.63) is 72.6 Å². The molecule has 2 aromatic carbocycles. The van der Waals surface area contributed by atoms with Gasteiger partial charge in [-0.25, -0.2) is 4.79 Å². The standard InChI is InChI=1S/C19H14N2O2.C2H6/c1-23-19(22)14-7-3-5-9-17(14)21-16-8-4-2-6-13(16)15-12-20-11-10-18(15)21;1-2/h2-12H,1H3;1-2H3. The molecule has 0 saturated heterocycles. The van der Waals surface area contributed by atoms with Crippen molar-refractivity contribution in [1.29, 1.82) is 0 Å². The molecule has 2 heterocycles. The zero-order valence-electron chi connectivity index (χ0n) is 14.6. The lowest BCUT2D eigenvalue weighted by Crippen LogP contribution is -2.07. The molecule has 0 amide bonds. The number of rotatable bonds is 2. The smallest absolute Gasteiger partial charge is 0.339 e. The molecule has 0 N–H and O–H groups in total. The van der Waals surface area contributed by atoms with Gasteiger partial charge >= 0.3 is 5.97 Å². The van der Waals surface area contributed by atoms with Crippen molar-refractivity contribution < 1.29 is 9.53 Å². The summed E-state index contributed by atoms with van der Waals surface area (Å²) in [5.41, 5.74) is 3.38. The number of carbonyl (C=O) groups is 1. The molecule has 2 aromatic heterocycles. The molecule has 126 valence electrons. The summed E-state index contributed by atoms with van der Waals surface area (Å²) < 4.78 is 7.02. The quantitative estimate of drug-likeness (QED) is 0.486. The van der Waals surface area contributed by atoms with Gasteiger partial charge in [0.15, 0.2) is 0 Å². The number of aromatic nitrogens is 2. The number of nitrogens with zero attached hydrogens (tertiary/aromatic N) is 2. The molecule has 0 aliphatic carbocycles. The summed E-state index contributed by atoms with van der Waals surface area (Å²) in [7, 11) is 1.40. The van der Waals surface area contributed by atoms with Crippen molar-refractivity contribution in [2.45, 2.75) is 13.8 Å². The van der Waals surface area contributed by atoms with Crippen LogP contribution in [0.3, 0.4) is 0 Å². The summed E-state index contributed by atoms with van der Waals surface area (Å²) >= 11 is 0. The summed E-state index contributed by atoms with van der Waals surface area (Å²) in [6.07, 6.45) is 3.62. The molecule has 0 bridgehead atoms. The molecule has 25 heavy (non-hydrogen) atoms. The van der Waals surface area contributed by atoms with Gasteiger partial charge in [-0.1, -0.05) is 44.2 Å². The fraction of sp³-hybridized carbons (Fsp3) is 0.143. The Balaban J connectivity index is 0.000000880. The Labute approximate surface area is 146 Å². The van der Waals surface area contributed by atoms with E-state index >= 15 is 0 Å². The molecule has 0 aliphatic heterocycles. The van der Waals surface area contributed by atoms with E-state index in [1.807, 2.05) is 62.5 Å². The highest BCUT2D eigenvalue weighted by atomic mass is 16.5. The maximum atomic E-state index is 12.2. The van der Waals surface area contributed by atoms with Crippen molar-refractivity contribution in [1.82, 2.24) is 9.55 Å². The monoisotopic (exact) mass is 332 g/mol. The van der Waals surface area contributed by atoms with Gasteiger partial charge in [0, 0.05) is 23.2 Å². The van der Waals surface area contributed by atoms with E-state index in [4.69, 9.17) is 4.74 Å². The lowest BCUT2D eigenvalue weighted by molar-refractivity contribution is 0.0601. The fourth-order valence-corrected chi connectivity index (χ4v) is 3.03. The molecule has 4 heteroatoms. The van der Waals surface area contributed by atoms with Crippen LogP contribution in [0.15, 0.2) is 67.0 Å². The van der Waals surface area contributed by atoms with E-state index in [-0.39, 0.29) is 5.97 Å². The van der Waals surface area contributed by atoms with Crippen LogP contribution in [0.25, 0.3) is 27.5 Å². The van der Waals surface area contributed by atoms with Gasteiger partial charge < -0.3 is 9.30 Å². The van der Waals surface area contributed by atoms with Crippen LogP contribution in [0.5, 0.6) is 0 Å². The molecular weight excluding hydrogens is 312 g/mol. The lowest BCUT2D eigenvalue weighted by Gasteiger charge is -2.11. The number of pyridine rings is 1. The number of hydrogen-bond acceptors (Lipinski definition) is 3. The van der Waals surface area contributed by atoms with Crippen LogP contribution < -0.4 is 0 Å². The summed E-state index contributed by atoms with van der Waals surface area (Å²) in [6, 6.07) is 17.5. The van der Waals surface area contributed by atoms with Crippen LogP contribution >= 0.6 is 0 Å². The highest BCUT2D eigenvalue weighted by Gasteiger charge is 2.17. The molecule has 0 unspecified atom stereocenters. The first-order valence-electron chi connectivity index (χ1n) is 8.32. The Morgan fingerprint density at radius 3 is 2.40 bits per heavy atom. The number of methoxy groups -OCH3 is 1. The number of carbonyl (C=O) groups excluding carboxylic acids is 1. The number of benzene rings is 2. The summed E-state index contributed by atoms with van der Waals surface area (Å²) in [5.74, 6) is -0.347. The van der Waals surface area contributed by atoms with Crippen molar-refractivity contribution >= 4 is 27.8 Å². The molecule has 0 aliphatic rings. The second-order valence-corrected chi connectivity index (χ2v) is 5.25. The second-order valence-electron chi connectivity index (χ2n) is 5.25. The average Bonchev–Trinajstić information content (AvgIpc) is 3.03. The van der Waals surface area contributed by atoms with E-state index in [2.05, 4.69) is 15.6 Å². The number of esters is 1. The van der Waals surface area contributed by atoms with Gasteiger partial charge in [-0.15, -0.1) is 0 Å². The Morgan fingerprint density at radius 2 is 1.60 bits per heavy atom. The van der Waals surface area contributed by atoms with Crippen LogP contribution in [-0.2, 0) is 4.74 Å². The normalized spacial score (nSPS) is 10.4. The van der Waals surface area contributed by atoms with E-state index in [0.717, 1.165) is 27.5 Å². The highest BCUT2D eigenvalue weighted by Crippen LogP contribution is 2.32. The topological polar surface area (TPSA) is 44.1 Å². The Bertz CT molecular complexity index is 981. The van der Waals surface area contributed by atoms with Crippen molar-refractivity contribution in [2.75, 3.05) is 7.11 Å². The van der Waals surface area contributed by atoms with Crippen LogP contribution in [0, 0.1) is 0 Å². The average molecular weight is 332 g/mol. The number of para-hydroxylation sites is 2. The largest absolute Gasteiger partial charge is 0.465 e. The van der Waals surface area contributed by atoms with Crippen LogP contribution in [0.4, 0.5) is 0 Å². The molecule has 4 rings (SSSR count). The van der Waals surface area contributed by atoms with E-state index in [1.54, 1.807) is 12.3 Å². The zero-order valence-corrected chi connectivity index (χ0v) is 14.6. The summed E-state index contributed by atoms with van der Waals surface area (Å²) in [6.45, 7) is 4.00. The van der Waals surface area contributed by atoms with Gasteiger partial charge in [0.2, 0.25) is 0 Å². The van der Waals surface area contributed by atoms with Gasteiger partial charge in [-0.3, -0.25) is 4.98 Å². The molecule has 0 atom stereocenters. The minimum absolute atomic E-state index is 0.347. The van der Waals surface area contributed by atoms with Gasteiger partial charge in [-0.2, -0.15) is 0 Å². The van der Waals surface area contributed by atoms with E-state index < -0.39 is 0 Å². The van der Waals surface area contributed by atoms with Gasteiger partial charge in [0.25, 0.3) is 0 Å². The SMILES string of the molecule is CC.COC(=O)c1ccccc1-n1c2ccccc2c2cnccc21. The van der Waals surface area contributed by atoms with Crippen molar-refractivity contribution in [3.63, 3.8) is 0 Å². The van der Waals surface area contributed by atoms with Crippen LogP contribution in [0.1, 0.15) is 24.2 Å². The minimum Gasteiger partial charge on any atom is -0.465 e. The zero-order chi connectivity index (χ0) is 17.8. The van der Waals surface area contributed by atoms with Crippen LogP contribution in [0.2, 0.25) is 0 Å². The van der Waals surface area contributed by atoms with E-state index in [0.29, 0.717) is 5.56 Å². The minimum atomic E-state index is -0.347. The molecular formula is C21H20N2O2. The van der Waals surface area contributed by atoms with Crippen molar-refractivity contribution in [3.8, 4) is 5.69 Å². The first-order chi connectivity index (χ1) is 12.3. The van der Waals surface area contributed by atoms with E-state index in [9.17, 15) is 4.79 Å². The third-order valence-electron chi connectivity index (χ3n) is 4.02. The van der Waals surface area contributed by atoms with Gasteiger partial charge in [0.1, 0.15) is 0 Å². The Hall–Kier alpha value is -3.14. The number of fused-ring (bicyclic) bond motifs is 3. The first kappa shape index (κ1) is 16.7. The maximum absolute atomic E-state index is 12.2. The maximum Gasteiger partial charge on any atom is 0.339 e. The molecule has 4 aromatic rings. The molecule has 0 saturated carbocycles. The highest BCUT2D eigenvalue weighted by molar-refractivity contribution is 6.09. The Kier molecular flexibility index (Phi) is 4.80. The number of hydrogen-bond donors (Lipinski definition) is 0.